The summed E-state index contributed by atoms with van der Waals surface area (Å²) in [6.45, 7) is 2.19. The summed E-state index contributed by atoms with van der Waals surface area (Å²) in [5.74, 6) is 0.173. The molecular weight excluding hydrogens is 254 g/mol. The number of hydrogen-bond acceptors (Lipinski definition) is 3. The van der Waals surface area contributed by atoms with Crippen molar-refractivity contribution in [3.05, 3.63) is 45.8 Å². The zero-order chi connectivity index (χ0) is 14.4. The van der Waals surface area contributed by atoms with Crippen LogP contribution in [0.5, 0.6) is 0 Å². The standard InChI is InChI=1S/C15H19N3O2/c1-2-20-15(19)13-5-3-4-12(10-13)11-6-8-14(9-7-11)17-18-16/h3-5,10-11,14H,2,6-9H2,1H3. The fourth-order valence-corrected chi connectivity index (χ4v) is 2.73. The number of ether oxygens (including phenoxy) is 1. The van der Waals surface area contributed by atoms with Crippen LogP contribution in [0.1, 0.15) is 54.4 Å². The van der Waals surface area contributed by atoms with Gasteiger partial charge in [-0.25, -0.2) is 4.79 Å². The molecule has 0 spiro atoms. The molecular formula is C15H19N3O2. The summed E-state index contributed by atoms with van der Waals surface area (Å²) in [7, 11) is 0. The summed E-state index contributed by atoms with van der Waals surface area (Å²) >= 11 is 0. The first-order valence-corrected chi connectivity index (χ1v) is 7.06. The predicted octanol–water partition coefficient (Wildman–Crippen LogP) is 4.20. The molecule has 1 saturated carbocycles. The van der Waals surface area contributed by atoms with Crippen LogP contribution in [0.4, 0.5) is 0 Å². The van der Waals surface area contributed by atoms with Crippen molar-refractivity contribution in [3.8, 4) is 0 Å². The van der Waals surface area contributed by atoms with Crippen LogP contribution in [0.3, 0.4) is 0 Å². The van der Waals surface area contributed by atoms with Crippen LogP contribution in [0, 0.1) is 0 Å². The van der Waals surface area contributed by atoms with Crippen LogP contribution < -0.4 is 0 Å². The fourth-order valence-electron chi connectivity index (χ4n) is 2.73. The quantitative estimate of drug-likeness (QED) is 0.357. The molecule has 0 N–H and O–H groups in total. The van der Waals surface area contributed by atoms with Crippen molar-refractivity contribution in [1.29, 1.82) is 0 Å². The summed E-state index contributed by atoms with van der Waals surface area (Å²) < 4.78 is 5.03. The van der Waals surface area contributed by atoms with Crippen LogP contribution in [-0.4, -0.2) is 18.6 Å². The molecule has 0 radical (unpaired) electrons. The fraction of sp³-hybridized carbons (Fsp3) is 0.533. The van der Waals surface area contributed by atoms with E-state index in [1.807, 2.05) is 12.1 Å². The largest absolute Gasteiger partial charge is 0.462 e. The van der Waals surface area contributed by atoms with Gasteiger partial charge in [0.15, 0.2) is 0 Å². The molecule has 0 unspecified atom stereocenters. The first-order chi connectivity index (χ1) is 9.74. The Morgan fingerprint density at radius 2 is 2.15 bits per heavy atom. The van der Waals surface area contributed by atoms with Gasteiger partial charge in [-0.1, -0.05) is 17.2 Å². The lowest BCUT2D eigenvalue weighted by Crippen LogP contribution is -2.16. The van der Waals surface area contributed by atoms with Gasteiger partial charge in [-0.3, -0.25) is 0 Å². The Labute approximate surface area is 118 Å². The molecule has 0 bridgehead atoms. The van der Waals surface area contributed by atoms with Crippen molar-refractivity contribution in [1.82, 2.24) is 0 Å². The third-order valence-corrected chi connectivity index (χ3v) is 3.78. The molecule has 1 aliphatic rings. The summed E-state index contributed by atoms with van der Waals surface area (Å²) in [5.41, 5.74) is 10.2. The number of carbonyl (C=O) groups excluding carboxylic acids is 1. The number of esters is 1. The lowest BCUT2D eigenvalue weighted by atomic mass is 9.81. The highest BCUT2D eigenvalue weighted by atomic mass is 16.5. The van der Waals surface area contributed by atoms with E-state index < -0.39 is 0 Å². The lowest BCUT2D eigenvalue weighted by Gasteiger charge is -2.26. The van der Waals surface area contributed by atoms with Gasteiger partial charge in [-0.15, -0.1) is 0 Å². The second-order valence-corrected chi connectivity index (χ2v) is 5.06. The smallest absolute Gasteiger partial charge is 0.338 e. The molecule has 0 saturated heterocycles. The normalized spacial score (nSPS) is 21.9. The molecule has 2 rings (SSSR count). The van der Waals surface area contributed by atoms with E-state index >= 15 is 0 Å². The van der Waals surface area contributed by atoms with Crippen LogP contribution in [0.15, 0.2) is 29.4 Å². The van der Waals surface area contributed by atoms with Gasteiger partial charge in [0.25, 0.3) is 0 Å². The topological polar surface area (TPSA) is 75.1 Å². The van der Waals surface area contributed by atoms with Crippen molar-refractivity contribution >= 4 is 5.97 Å². The molecule has 106 valence electrons. The maximum absolute atomic E-state index is 11.7. The Morgan fingerprint density at radius 3 is 2.80 bits per heavy atom. The molecule has 0 atom stereocenters. The van der Waals surface area contributed by atoms with Gasteiger partial charge in [0.05, 0.1) is 12.2 Å². The molecule has 1 fully saturated rings. The Balaban J connectivity index is 2.05. The Hall–Kier alpha value is -2.00. The predicted molar refractivity (Wildman–Crippen MR) is 76.5 cm³/mol. The molecule has 0 heterocycles. The summed E-state index contributed by atoms with van der Waals surface area (Å²) in [6, 6.07) is 7.80. The highest BCUT2D eigenvalue weighted by Gasteiger charge is 2.22. The van der Waals surface area contributed by atoms with Crippen molar-refractivity contribution in [2.24, 2.45) is 5.11 Å². The van der Waals surface area contributed by atoms with Crippen molar-refractivity contribution in [3.63, 3.8) is 0 Å². The van der Waals surface area contributed by atoms with Crippen LogP contribution in [-0.2, 0) is 4.74 Å². The van der Waals surface area contributed by atoms with E-state index in [2.05, 4.69) is 16.1 Å². The average molecular weight is 273 g/mol. The first kappa shape index (κ1) is 14.4. The molecule has 5 nitrogen and oxygen atoms in total. The van der Waals surface area contributed by atoms with Crippen LogP contribution in [0.25, 0.3) is 10.4 Å². The monoisotopic (exact) mass is 273 g/mol. The molecule has 0 aromatic heterocycles. The third-order valence-electron chi connectivity index (χ3n) is 3.78. The van der Waals surface area contributed by atoms with E-state index in [4.69, 9.17) is 10.3 Å². The van der Waals surface area contributed by atoms with E-state index in [-0.39, 0.29) is 12.0 Å². The van der Waals surface area contributed by atoms with E-state index in [1.165, 1.54) is 5.56 Å². The average Bonchev–Trinajstić information content (AvgIpc) is 2.49. The molecule has 1 aromatic rings. The third kappa shape index (κ3) is 3.52. The van der Waals surface area contributed by atoms with E-state index in [0.717, 1.165) is 25.7 Å². The van der Waals surface area contributed by atoms with Gasteiger partial charge in [0, 0.05) is 11.0 Å². The number of rotatable bonds is 4. The van der Waals surface area contributed by atoms with Crippen molar-refractivity contribution in [2.45, 2.75) is 44.6 Å². The maximum atomic E-state index is 11.7. The lowest BCUT2D eigenvalue weighted by molar-refractivity contribution is 0.0526. The number of nitrogens with zero attached hydrogens (tertiary/aromatic N) is 3. The van der Waals surface area contributed by atoms with Gasteiger partial charge >= 0.3 is 5.97 Å². The van der Waals surface area contributed by atoms with Gasteiger partial charge in [0.1, 0.15) is 0 Å². The molecule has 5 heteroatoms. The summed E-state index contributed by atoms with van der Waals surface area (Å²) in [4.78, 5) is 14.6. The number of benzene rings is 1. The molecule has 0 amide bonds. The molecule has 20 heavy (non-hydrogen) atoms. The zero-order valence-electron chi connectivity index (χ0n) is 11.7. The molecule has 0 aliphatic heterocycles. The minimum absolute atomic E-state index is 0.129. The van der Waals surface area contributed by atoms with Crippen molar-refractivity contribution in [2.75, 3.05) is 6.61 Å². The van der Waals surface area contributed by atoms with Gasteiger partial charge < -0.3 is 4.74 Å². The number of carbonyl (C=O) groups is 1. The first-order valence-electron chi connectivity index (χ1n) is 7.06. The van der Waals surface area contributed by atoms with E-state index in [1.54, 1.807) is 13.0 Å². The van der Waals surface area contributed by atoms with Gasteiger partial charge in [-0.2, -0.15) is 0 Å². The second-order valence-electron chi connectivity index (χ2n) is 5.06. The summed E-state index contributed by atoms with van der Waals surface area (Å²) in [5, 5.41) is 3.79. The number of hydrogen-bond donors (Lipinski definition) is 0. The highest BCUT2D eigenvalue weighted by molar-refractivity contribution is 5.89. The molecule has 1 aromatic carbocycles. The number of azide groups is 1. The zero-order valence-corrected chi connectivity index (χ0v) is 11.7. The minimum Gasteiger partial charge on any atom is -0.462 e. The van der Waals surface area contributed by atoms with E-state index in [0.29, 0.717) is 18.1 Å². The van der Waals surface area contributed by atoms with Gasteiger partial charge in [-0.05, 0) is 61.8 Å². The summed E-state index contributed by atoms with van der Waals surface area (Å²) in [6.07, 6.45) is 3.82. The van der Waals surface area contributed by atoms with Crippen molar-refractivity contribution < 1.29 is 9.53 Å². The maximum Gasteiger partial charge on any atom is 0.338 e. The van der Waals surface area contributed by atoms with Crippen LogP contribution in [0.2, 0.25) is 0 Å². The second kappa shape index (κ2) is 6.96. The Bertz CT molecular complexity index is 516. The Kier molecular flexibility index (Phi) is 5.02. The Morgan fingerprint density at radius 1 is 1.40 bits per heavy atom. The highest BCUT2D eigenvalue weighted by Crippen LogP contribution is 2.34. The van der Waals surface area contributed by atoms with Gasteiger partial charge in [0.2, 0.25) is 0 Å². The minimum atomic E-state index is -0.267. The van der Waals surface area contributed by atoms with E-state index in [9.17, 15) is 4.79 Å². The molecule has 1 aliphatic carbocycles. The SMILES string of the molecule is CCOC(=O)c1cccc(C2CCC(N=[N+]=[N-])CC2)c1. The van der Waals surface area contributed by atoms with Crippen LogP contribution >= 0.6 is 0 Å².